The van der Waals surface area contributed by atoms with Gasteiger partial charge in [0.2, 0.25) is 5.95 Å². The van der Waals surface area contributed by atoms with Crippen LogP contribution in [0.2, 0.25) is 0 Å². The van der Waals surface area contributed by atoms with Crippen LogP contribution in [0.4, 0.5) is 15.9 Å². The van der Waals surface area contributed by atoms with Gasteiger partial charge in [0.1, 0.15) is 5.82 Å². The predicted molar refractivity (Wildman–Crippen MR) is 105 cm³/mol. The van der Waals surface area contributed by atoms with Gasteiger partial charge in [-0.2, -0.15) is 4.39 Å². The maximum Gasteiger partial charge on any atom is 0.214 e. The largest absolute Gasteiger partial charge is 0.383 e. The zero-order chi connectivity index (χ0) is 19.3. The minimum atomic E-state index is -0.500. The van der Waals surface area contributed by atoms with Crippen molar-refractivity contribution in [3.05, 3.63) is 89.8 Å². The Morgan fingerprint density at radius 3 is 2.57 bits per heavy atom. The second-order valence-electron chi connectivity index (χ2n) is 6.33. The Morgan fingerprint density at radius 2 is 1.79 bits per heavy atom. The monoisotopic (exact) mass is 375 g/mol. The SMILES string of the molecule is Nc1ncccc1-c1cc(Cc2ccc(CNc3ccnc(F)c3)cc2)no1. The molecule has 0 fully saturated rings. The Bertz CT molecular complexity index is 1080. The number of nitrogens with one attached hydrogen (secondary N) is 1. The number of nitrogen functional groups attached to an aromatic ring is 1. The molecule has 28 heavy (non-hydrogen) atoms. The molecule has 0 aliphatic heterocycles. The summed E-state index contributed by atoms with van der Waals surface area (Å²) in [4.78, 5) is 7.60. The van der Waals surface area contributed by atoms with Gasteiger partial charge in [0.25, 0.3) is 0 Å². The number of benzene rings is 1. The Labute approximate surface area is 161 Å². The van der Waals surface area contributed by atoms with Crippen molar-refractivity contribution in [2.75, 3.05) is 11.1 Å². The van der Waals surface area contributed by atoms with E-state index >= 15 is 0 Å². The molecule has 0 aliphatic carbocycles. The molecule has 3 N–H and O–H groups in total. The van der Waals surface area contributed by atoms with E-state index in [1.165, 1.54) is 12.3 Å². The van der Waals surface area contributed by atoms with Gasteiger partial charge in [-0.25, -0.2) is 9.97 Å². The maximum absolute atomic E-state index is 13.1. The normalized spacial score (nSPS) is 10.8. The first kappa shape index (κ1) is 17.7. The average molecular weight is 375 g/mol. The zero-order valence-electron chi connectivity index (χ0n) is 15.0. The van der Waals surface area contributed by atoms with Gasteiger partial charge in [-0.05, 0) is 29.3 Å². The summed E-state index contributed by atoms with van der Waals surface area (Å²) in [5, 5.41) is 7.30. The minimum absolute atomic E-state index is 0.413. The van der Waals surface area contributed by atoms with Gasteiger partial charge in [0.05, 0.1) is 11.3 Å². The fraction of sp³-hybridized carbons (Fsp3) is 0.0952. The smallest absolute Gasteiger partial charge is 0.214 e. The van der Waals surface area contributed by atoms with E-state index in [2.05, 4.69) is 20.4 Å². The highest BCUT2D eigenvalue weighted by Crippen LogP contribution is 2.25. The molecule has 7 heteroatoms. The highest BCUT2D eigenvalue weighted by molar-refractivity contribution is 5.69. The lowest BCUT2D eigenvalue weighted by atomic mass is 10.1. The fourth-order valence-corrected chi connectivity index (χ4v) is 2.85. The van der Waals surface area contributed by atoms with Crippen molar-refractivity contribution >= 4 is 11.5 Å². The van der Waals surface area contributed by atoms with Gasteiger partial charge in [0, 0.05) is 43.2 Å². The summed E-state index contributed by atoms with van der Waals surface area (Å²) in [6.45, 7) is 0.595. The molecule has 1 aromatic carbocycles. The van der Waals surface area contributed by atoms with Crippen LogP contribution in [0.1, 0.15) is 16.8 Å². The summed E-state index contributed by atoms with van der Waals surface area (Å²) in [5.74, 6) is 0.516. The summed E-state index contributed by atoms with van der Waals surface area (Å²) in [6.07, 6.45) is 3.72. The van der Waals surface area contributed by atoms with Gasteiger partial charge in [-0.15, -0.1) is 0 Å². The molecule has 0 saturated heterocycles. The van der Waals surface area contributed by atoms with Crippen molar-refractivity contribution in [3.8, 4) is 11.3 Å². The van der Waals surface area contributed by atoms with Crippen LogP contribution in [0.5, 0.6) is 0 Å². The molecular formula is C21H18FN5O. The second-order valence-corrected chi connectivity index (χ2v) is 6.33. The molecule has 0 bridgehead atoms. The molecule has 0 saturated carbocycles. The molecule has 0 amide bonds. The van der Waals surface area contributed by atoms with E-state index in [0.717, 1.165) is 22.4 Å². The van der Waals surface area contributed by atoms with Crippen molar-refractivity contribution in [2.45, 2.75) is 13.0 Å². The number of anilines is 2. The van der Waals surface area contributed by atoms with E-state index in [9.17, 15) is 4.39 Å². The van der Waals surface area contributed by atoms with E-state index in [4.69, 9.17) is 10.3 Å². The summed E-state index contributed by atoms with van der Waals surface area (Å²) < 4.78 is 18.5. The maximum atomic E-state index is 13.1. The fourth-order valence-electron chi connectivity index (χ4n) is 2.85. The first-order valence-corrected chi connectivity index (χ1v) is 8.77. The summed E-state index contributed by atoms with van der Waals surface area (Å²) in [6, 6.07) is 16.8. The lowest BCUT2D eigenvalue weighted by molar-refractivity contribution is 0.425. The zero-order valence-corrected chi connectivity index (χ0v) is 15.0. The molecule has 4 aromatic rings. The number of nitrogens with zero attached hydrogens (tertiary/aromatic N) is 3. The second kappa shape index (κ2) is 7.87. The van der Waals surface area contributed by atoms with Crippen LogP contribution in [0.3, 0.4) is 0 Å². The van der Waals surface area contributed by atoms with E-state index in [1.54, 1.807) is 18.3 Å². The van der Waals surface area contributed by atoms with Crippen LogP contribution < -0.4 is 11.1 Å². The van der Waals surface area contributed by atoms with Crippen LogP contribution in [-0.2, 0) is 13.0 Å². The highest BCUT2D eigenvalue weighted by atomic mass is 19.1. The standard InChI is InChI=1S/C21H18FN5O/c22-20-12-16(7-9-24-20)26-13-15-5-3-14(4-6-15)10-17-11-19(28-27-17)18-2-1-8-25-21(18)23/h1-9,11-12H,10,13H2,(H2,23,25)(H,24,26). The van der Waals surface area contributed by atoms with Gasteiger partial charge in [0.15, 0.2) is 5.76 Å². The molecule has 4 rings (SSSR count). The number of hydrogen-bond donors (Lipinski definition) is 2. The van der Waals surface area contributed by atoms with E-state index < -0.39 is 5.95 Å². The number of nitrogens with two attached hydrogens (primary N) is 1. The Kier molecular flexibility index (Phi) is 4.97. The highest BCUT2D eigenvalue weighted by Gasteiger charge is 2.10. The lowest BCUT2D eigenvalue weighted by Gasteiger charge is -2.07. The van der Waals surface area contributed by atoms with Crippen LogP contribution in [0.25, 0.3) is 11.3 Å². The third-order valence-corrected chi connectivity index (χ3v) is 4.29. The Morgan fingerprint density at radius 1 is 0.964 bits per heavy atom. The first-order valence-electron chi connectivity index (χ1n) is 8.77. The molecular weight excluding hydrogens is 357 g/mol. The minimum Gasteiger partial charge on any atom is -0.383 e. The number of aromatic nitrogens is 3. The summed E-state index contributed by atoms with van der Waals surface area (Å²) >= 11 is 0. The molecule has 0 aliphatic rings. The average Bonchev–Trinajstić information content (AvgIpc) is 3.16. The molecule has 0 spiro atoms. The molecule has 0 unspecified atom stereocenters. The quantitative estimate of drug-likeness (QED) is 0.494. The van der Waals surface area contributed by atoms with E-state index in [1.807, 2.05) is 36.4 Å². The number of hydrogen-bond acceptors (Lipinski definition) is 6. The Balaban J connectivity index is 1.39. The van der Waals surface area contributed by atoms with Gasteiger partial charge < -0.3 is 15.6 Å². The third kappa shape index (κ3) is 4.15. The van der Waals surface area contributed by atoms with Gasteiger partial charge in [-0.1, -0.05) is 29.4 Å². The molecule has 0 radical (unpaired) electrons. The van der Waals surface area contributed by atoms with Crippen molar-refractivity contribution in [3.63, 3.8) is 0 Å². The third-order valence-electron chi connectivity index (χ3n) is 4.29. The first-order chi connectivity index (χ1) is 13.7. The lowest BCUT2D eigenvalue weighted by Crippen LogP contribution is -2.00. The van der Waals surface area contributed by atoms with Crippen molar-refractivity contribution in [2.24, 2.45) is 0 Å². The predicted octanol–water partition coefficient (Wildman–Crippen LogP) is 4.06. The summed E-state index contributed by atoms with van der Waals surface area (Å²) in [5.41, 5.74) is 10.3. The van der Waals surface area contributed by atoms with Crippen molar-refractivity contribution < 1.29 is 8.91 Å². The van der Waals surface area contributed by atoms with Crippen LogP contribution >= 0.6 is 0 Å². The van der Waals surface area contributed by atoms with Gasteiger partial charge >= 0.3 is 0 Å². The van der Waals surface area contributed by atoms with Crippen LogP contribution in [-0.4, -0.2) is 15.1 Å². The molecule has 3 heterocycles. The van der Waals surface area contributed by atoms with E-state index in [0.29, 0.717) is 30.2 Å². The molecule has 140 valence electrons. The van der Waals surface area contributed by atoms with Crippen molar-refractivity contribution in [1.82, 2.24) is 15.1 Å². The molecule has 3 aromatic heterocycles. The van der Waals surface area contributed by atoms with Crippen LogP contribution in [0, 0.1) is 5.95 Å². The number of halogens is 1. The number of rotatable bonds is 6. The Hall–Kier alpha value is -3.74. The van der Waals surface area contributed by atoms with Crippen molar-refractivity contribution in [1.29, 1.82) is 0 Å². The van der Waals surface area contributed by atoms with Gasteiger partial charge in [-0.3, -0.25) is 0 Å². The number of pyridine rings is 2. The molecule has 0 atom stereocenters. The van der Waals surface area contributed by atoms with E-state index in [-0.39, 0.29) is 0 Å². The summed E-state index contributed by atoms with van der Waals surface area (Å²) in [7, 11) is 0. The topological polar surface area (TPSA) is 89.9 Å². The van der Waals surface area contributed by atoms with Crippen LogP contribution in [0.15, 0.2) is 71.5 Å². The molecule has 6 nitrogen and oxygen atoms in total.